The van der Waals surface area contributed by atoms with Crippen molar-refractivity contribution in [3.05, 3.63) is 53.0 Å². The molecule has 1 amide bonds. The van der Waals surface area contributed by atoms with Crippen LogP contribution < -0.4 is 5.73 Å². The molecule has 0 spiro atoms. The summed E-state index contributed by atoms with van der Waals surface area (Å²) < 4.78 is 0. The summed E-state index contributed by atoms with van der Waals surface area (Å²) in [7, 11) is 0. The maximum Gasteiger partial charge on any atom is 0.258 e. The zero-order chi connectivity index (χ0) is 10.2. The molecule has 4 heteroatoms. The van der Waals surface area contributed by atoms with Gasteiger partial charge in [0.2, 0.25) is 0 Å². The van der Waals surface area contributed by atoms with E-state index in [0.29, 0.717) is 4.88 Å². The Bertz CT molecular complexity index is 332. The van der Waals surface area contributed by atoms with E-state index in [0.717, 1.165) is 0 Å². The fraction of sp³-hybridized carbons (Fsp3) is 0. The Morgan fingerprint density at radius 1 is 1.21 bits per heavy atom. The van der Waals surface area contributed by atoms with Gasteiger partial charge in [-0.1, -0.05) is 12.1 Å². The molecule has 0 atom stereocenters. The number of carbonyl (C=O) groups excluding carboxylic acids is 1. The Kier molecular flexibility index (Phi) is 4.37. The third-order valence-electron chi connectivity index (χ3n) is 1.33. The second-order valence-electron chi connectivity index (χ2n) is 2.37. The Morgan fingerprint density at radius 3 is 2.14 bits per heavy atom. The summed E-state index contributed by atoms with van der Waals surface area (Å²) in [5, 5.41) is 1.82. The molecule has 0 aliphatic heterocycles. The summed E-state index contributed by atoms with van der Waals surface area (Å²) in [6.07, 6.45) is 3.50. The molecule has 2 N–H and O–H groups in total. The first-order chi connectivity index (χ1) is 6.80. The minimum absolute atomic E-state index is 0.347. The van der Waals surface area contributed by atoms with E-state index in [1.54, 1.807) is 24.5 Å². The Hall–Kier alpha value is -1.68. The molecule has 0 radical (unpaired) electrons. The van der Waals surface area contributed by atoms with Gasteiger partial charge < -0.3 is 5.73 Å². The number of nitrogens with zero attached hydrogens (tertiary/aromatic N) is 1. The number of amides is 1. The van der Waals surface area contributed by atoms with Crippen molar-refractivity contribution in [2.75, 3.05) is 0 Å². The minimum atomic E-state index is -0.347. The average molecular weight is 206 g/mol. The number of pyridine rings is 1. The Labute approximate surface area is 86.2 Å². The van der Waals surface area contributed by atoms with Crippen molar-refractivity contribution in [3.63, 3.8) is 0 Å². The van der Waals surface area contributed by atoms with Gasteiger partial charge in [-0.3, -0.25) is 9.78 Å². The van der Waals surface area contributed by atoms with Crippen LogP contribution in [0.4, 0.5) is 0 Å². The fourth-order valence-corrected chi connectivity index (χ4v) is 1.31. The van der Waals surface area contributed by atoms with Crippen LogP contribution in [0.3, 0.4) is 0 Å². The van der Waals surface area contributed by atoms with Crippen LogP contribution in [0.1, 0.15) is 9.67 Å². The van der Waals surface area contributed by atoms with Crippen LogP contribution in [-0.4, -0.2) is 10.9 Å². The molecule has 0 saturated heterocycles. The third-order valence-corrected chi connectivity index (χ3v) is 2.21. The van der Waals surface area contributed by atoms with Crippen LogP contribution in [0.25, 0.3) is 0 Å². The molecule has 2 aromatic heterocycles. The lowest BCUT2D eigenvalue weighted by Gasteiger charge is -1.80. The van der Waals surface area contributed by atoms with E-state index >= 15 is 0 Å². The van der Waals surface area contributed by atoms with E-state index in [1.807, 2.05) is 23.6 Å². The molecule has 0 bridgehead atoms. The fourth-order valence-electron chi connectivity index (χ4n) is 0.731. The highest BCUT2D eigenvalue weighted by Crippen LogP contribution is 2.05. The van der Waals surface area contributed by atoms with Crippen LogP contribution in [0.2, 0.25) is 0 Å². The van der Waals surface area contributed by atoms with E-state index in [9.17, 15) is 4.79 Å². The van der Waals surface area contributed by atoms with E-state index in [4.69, 9.17) is 5.73 Å². The van der Waals surface area contributed by atoms with Gasteiger partial charge in [0.1, 0.15) is 0 Å². The predicted molar refractivity (Wildman–Crippen MR) is 57.1 cm³/mol. The Morgan fingerprint density at radius 2 is 1.93 bits per heavy atom. The van der Waals surface area contributed by atoms with Gasteiger partial charge in [0.25, 0.3) is 5.91 Å². The monoisotopic (exact) mass is 206 g/mol. The first kappa shape index (κ1) is 10.4. The van der Waals surface area contributed by atoms with Gasteiger partial charge >= 0.3 is 0 Å². The quantitative estimate of drug-likeness (QED) is 0.775. The molecule has 0 unspecified atom stereocenters. The summed E-state index contributed by atoms with van der Waals surface area (Å²) in [6.45, 7) is 0. The number of primary amides is 1. The second kappa shape index (κ2) is 5.88. The highest BCUT2D eigenvalue weighted by Gasteiger charge is 1.96. The van der Waals surface area contributed by atoms with Crippen molar-refractivity contribution in [1.29, 1.82) is 0 Å². The second-order valence-corrected chi connectivity index (χ2v) is 3.31. The normalized spacial score (nSPS) is 8.57. The summed E-state index contributed by atoms with van der Waals surface area (Å²) >= 11 is 1.36. The molecule has 14 heavy (non-hydrogen) atoms. The number of rotatable bonds is 1. The van der Waals surface area contributed by atoms with Crippen LogP contribution >= 0.6 is 11.3 Å². The maximum atomic E-state index is 10.3. The van der Waals surface area contributed by atoms with Crippen LogP contribution in [0.5, 0.6) is 0 Å². The molecule has 0 aliphatic carbocycles. The lowest BCUT2D eigenvalue weighted by molar-refractivity contribution is 0.100. The largest absolute Gasteiger partial charge is 0.365 e. The SMILES string of the molecule is NC(=O)c1cccs1.c1ccncc1. The van der Waals surface area contributed by atoms with Gasteiger partial charge in [-0.05, 0) is 23.6 Å². The van der Waals surface area contributed by atoms with Gasteiger partial charge in [0.05, 0.1) is 4.88 Å². The van der Waals surface area contributed by atoms with Gasteiger partial charge in [-0.2, -0.15) is 0 Å². The van der Waals surface area contributed by atoms with Crippen molar-refractivity contribution in [2.24, 2.45) is 5.73 Å². The number of nitrogens with two attached hydrogens (primary N) is 1. The minimum Gasteiger partial charge on any atom is -0.365 e. The summed E-state index contributed by atoms with van der Waals surface area (Å²) in [5.41, 5.74) is 4.93. The first-order valence-corrected chi connectivity index (χ1v) is 4.87. The van der Waals surface area contributed by atoms with Gasteiger partial charge in [0.15, 0.2) is 0 Å². The lowest BCUT2D eigenvalue weighted by atomic mass is 10.5. The van der Waals surface area contributed by atoms with Crippen LogP contribution in [0, 0.1) is 0 Å². The molecule has 3 nitrogen and oxygen atoms in total. The first-order valence-electron chi connectivity index (χ1n) is 3.99. The molecule has 72 valence electrons. The highest BCUT2D eigenvalue weighted by atomic mass is 32.1. The topological polar surface area (TPSA) is 56.0 Å². The van der Waals surface area contributed by atoms with Gasteiger partial charge in [0, 0.05) is 12.4 Å². The van der Waals surface area contributed by atoms with Crippen molar-refractivity contribution >= 4 is 17.2 Å². The standard InChI is InChI=1S/C5H5NOS.C5H5N/c6-5(7)4-2-1-3-8-4;1-2-4-6-5-3-1/h1-3H,(H2,6,7);1-5H. The molecule has 2 aromatic rings. The number of aromatic nitrogens is 1. The molecular formula is C10H10N2OS. The van der Waals surface area contributed by atoms with Crippen molar-refractivity contribution in [2.45, 2.75) is 0 Å². The summed E-state index contributed by atoms with van der Waals surface area (Å²) in [6, 6.07) is 9.21. The highest BCUT2D eigenvalue weighted by molar-refractivity contribution is 7.12. The zero-order valence-corrected chi connectivity index (χ0v) is 8.28. The average Bonchev–Trinajstić information content (AvgIpc) is 2.74. The van der Waals surface area contributed by atoms with Crippen LogP contribution in [0.15, 0.2) is 48.1 Å². The van der Waals surface area contributed by atoms with Gasteiger partial charge in [-0.15, -0.1) is 11.3 Å². The number of hydrogen-bond donors (Lipinski definition) is 1. The maximum absolute atomic E-state index is 10.3. The zero-order valence-electron chi connectivity index (χ0n) is 7.46. The van der Waals surface area contributed by atoms with E-state index in [-0.39, 0.29) is 5.91 Å². The third kappa shape index (κ3) is 3.82. The molecule has 0 saturated carbocycles. The van der Waals surface area contributed by atoms with Crippen molar-refractivity contribution < 1.29 is 4.79 Å². The number of carbonyl (C=O) groups is 1. The predicted octanol–water partition coefficient (Wildman–Crippen LogP) is 1.93. The summed E-state index contributed by atoms with van der Waals surface area (Å²) in [4.78, 5) is 14.7. The van der Waals surface area contributed by atoms with Gasteiger partial charge in [-0.25, -0.2) is 0 Å². The van der Waals surface area contributed by atoms with E-state index < -0.39 is 0 Å². The lowest BCUT2D eigenvalue weighted by Crippen LogP contribution is -2.07. The molecule has 0 aliphatic rings. The smallest absolute Gasteiger partial charge is 0.258 e. The number of thiophene rings is 1. The van der Waals surface area contributed by atoms with E-state index in [1.165, 1.54) is 11.3 Å². The van der Waals surface area contributed by atoms with E-state index in [2.05, 4.69) is 4.98 Å². The summed E-state index contributed by atoms with van der Waals surface area (Å²) in [5.74, 6) is -0.347. The number of hydrogen-bond acceptors (Lipinski definition) is 3. The molecule has 0 fully saturated rings. The molecular weight excluding hydrogens is 196 g/mol. The molecule has 2 heterocycles. The molecule has 2 rings (SSSR count). The molecule has 0 aromatic carbocycles. The van der Waals surface area contributed by atoms with Crippen molar-refractivity contribution in [3.8, 4) is 0 Å². The Balaban J connectivity index is 0.000000146. The van der Waals surface area contributed by atoms with Crippen molar-refractivity contribution in [1.82, 2.24) is 4.98 Å². The van der Waals surface area contributed by atoms with Crippen LogP contribution in [-0.2, 0) is 0 Å².